The molecule has 80 valence electrons. The molecule has 0 amide bonds. The summed E-state index contributed by atoms with van der Waals surface area (Å²) in [5, 5.41) is 4.40. The van der Waals surface area contributed by atoms with E-state index in [1.807, 2.05) is 24.4 Å². The van der Waals surface area contributed by atoms with Crippen LogP contribution in [0.2, 0.25) is 0 Å². The lowest BCUT2D eigenvalue weighted by molar-refractivity contribution is 0.579. The van der Waals surface area contributed by atoms with Gasteiger partial charge in [0.05, 0.1) is 12.1 Å². The highest BCUT2D eigenvalue weighted by Gasteiger charge is 2.15. The Morgan fingerprint density at radius 3 is 3.06 bits per heavy atom. The van der Waals surface area contributed by atoms with Gasteiger partial charge < -0.3 is 4.42 Å². The first-order chi connectivity index (χ1) is 7.90. The topological polar surface area (TPSA) is 43.3 Å². The van der Waals surface area contributed by atoms with Gasteiger partial charge in [-0.3, -0.25) is 0 Å². The third-order valence-corrected chi connectivity index (χ3v) is 2.65. The van der Waals surface area contributed by atoms with E-state index in [9.17, 15) is 0 Å². The fraction of sp³-hybridized carbons (Fsp3) is 0.0909. The van der Waals surface area contributed by atoms with E-state index in [1.165, 1.54) is 0 Å². The summed E-state index contributed by atoms with van der Waals surface area (Å²) in [6, 6.07) is 5.51. The third kappa shape index (κ3) is 1.31. The van der Waals surface area contributed by atoms with Crippen molar-refractivity contribution in [1.29, 1.82) is 0 Å². The van der Waals surface area contributed by atoms with Crippen molar-refractivity contribution in [2.75, 3.05) is 0 Å². The second kappa shape index (κ2) is 3.64. The highest BCUT2D eigenvalue weighted by atomic mass is 35.5. The molecule has 0 fully saturated rings. The van der Waals surface area contributed by atoms with Crippen LogP contribution in [0.25, 0.3) is 17.1 Å². The van der Waals surface area contributed by atoms with E-state index in [0.717, 1.165) is 16.9 Å². The van der Waals surface area contributed by atoms with Crippen molar-refractivity contribution in [2.24, 2.45) is 0 Å². The van der Waals surface area contributed by atoms with Crippen molar-refractivity contribution in [3.63, 3.8) is 0 Å². The Kier molecular flexibility index (Phi) is 2.15. The molecule has 0 N–H and O–H groups in total. The van der Waals surface area contributed by atoms with E-state index in [2.05, 4.69) is 10.1 Å². The Morgan fingerprint density at radius 1 is 1.38 bits per heavy atom. The van der Waals surface area contributed by atoms with E-state index >= 15 is 0 Å². The van der Waals surface area contributed by atoms with E-state index in [0.29, 0.717) is 11.6 Å². The molecule has 0 spiro atoms. The van der Waals surface area contributed by atoms with Gasteiger partial charge in [-0.15, -0.1) is 11.6 Å². The average Bonchev–Trinajstić information content (AvgIpc) is 2.95. The van der Waals surface area contributed by atoms with E-state index in [-0.39, 0.29) is 0 Å². The second-order valence-electron chi connectivity index (χ2n) is 3.33. The van der Waals surface area contributed by atoms with Crippen molar-refractivity contribution in [1.82, 2.24) is 14.6 Å². The first kappa shape index (κ1) is 9.42. The van der Waals surface area contributed by atoms with Crippen molar-refractivity contribution >= 4 is 17.2 Å². The number of alkyl halides is 1. The quantitative estimate of drug-likeness (QED) is 0.640. The molecule has 5 heteroatoms. The maximum Gasteiger partial charge on any atom is 0.160 e. The molecule has 0 saturated carbocycles. The van der Waals surface area contributed by atoms with Crippen molar-refractivity contribution in [3.8, 4) is 11.5 Å². The van der Waals surface area contributed by atoms with Gasteiger partial charge in [-0.25, -0.2) is 9.50 Å². The fourth-order valence-electron chi connectivity index (χ4n) is 1.67. The van der Waals surface area contributed by atoms with Gasteiger partial charge in [0, 0.05) is 18.0 Å². The van der Waals surface area contributed by atoms with Crippen LogP contribution in [0.5, 0.6) is 0 Å². The summed E-state index contributed by atoms with van der Waals surface area (Å²) in [5.41, 5.74) is 2.40. The zero-order valence-electron chi connectivity index (χ0n) is 8.30. The monoisotopic (exact) mass is 233 g/mol. The molecule has 3 aromatic heterocycles. The molecule has 0 aliphatic carbocycles. The van der Waals surface area contributed by atoms with Gasteiger partial charge in [0.25, 0.3) is 0 Å². The first-order valence-corrected chi connectivity index (χ1v) is 5.35. The third-order valence-electron chi connectivity index (χ3n) is 2.38. The molecule has 0 bridgehead atoms. The number of furan rings is 1. The van der Waals surface area contributed by atoms with Gasteiger partial charge >= 0.3 is 0 Å². The number of aromatic nitrogens is 3. The maximum atomic E-state index is 5.93. The van der Waals surface area contributed by atoms with Crippen LogP contribution < -0.4 is 0 Å². The van der Waals surface area contributed by atoms with Crippen LogP contribution in [0.3, 0.4) is 0 Å². The molecule has 0 aliphatic rings. The molecule has 4 nitrogen and oxygen atoms in total. The van der Waals surface area contributed by atoms with E-state index in [1.54, 1.807) is 17.0 Å². The lowest BCUT2D eigenvalue weighted by Crippen LogP contribution is -1.87. The van der Waals surface area contributed by atoms with Crippen molar-refractivity contribution < 1.29 is 4.42 Å². The molecule has 3 aromatic rings. The summed E-state index contributed by atoms with van der Waals surface area (Å²) >= 11 is 5.93. The molecule has 0 radical (unpaired) electrons. The standard InChI is InChI=1S/C11H8ClN3O/c12-7-8-10(9-3-1-6-16-9)14-15-5-2-4-13-11(8)15/h1-6H,7H2. The van der Waals surface area contributed by atoms with Gasteiger partial charge in [0.15, 0.2) is 11.4 Å². The lowest BCUT2D eigenvalue weighted by atomic mass is 10.2. The number of hydrogen-bond acceptors (Lipinski definition) is 3. The van der Waals surface area contributed by atoms with Crippen LogP contribution in [0.1, 0.15) is 5.56 Å². The molecule has 0 atom stereocenters. The number of rotatable bonds is 2. The summed E-state index contributed by atoms with van der Waals surface area (Å²) < 4.78 is 7.03. The Labute approximate surface area is 96.5 Å². The minimum Gasteiger partial charge on any atom is -0.463 e. The number of halogens is 1. The highest BCUT2D eigenvalue weighted by Crippen LogP contribution is 2.26. The molecule has 0 aliphatic heterocycles. The minimum absolute atomic E-state index is 0.358. The summed E-state index contributed by atoms with van der Waals surface area (Å²) in [7, 11) is 0. The Hall–Kier alpha value is -1.81. The number of hydrogen-bond donors (Lipinski definition) is 0. The van der Waals surface area contributed by atoms with Gasteiger partial charge in [0.1, 0.15) is 5.69 Å². The first-order valence-electron chi connectivity index (χ1n) is 4.82. The SMILES string of the molecule is ClCc1c(-c2ccco2)nn2cccnc12. The van der Waals surface area contributed by atoms with Gasteiger partial charge in [-0.1, -0.05) is 0 Å². The van der Waals surface area contributed by atoms with Crippen LogP contribution >= 0.6 is 11.6 Å². The van der Waals surface area contributed by atoms with Crippen LogP contribution in [-0.4, -0.2) is 14.6 Å². The van der Waals surface area contributed by atoms with Crippen LogP contribution in [0, 0.1) is 0 Å². The van der Waals surface area contributed by atoms with E-state index < -0.39 is 0 Å². The molecule has 16 heavy (non-hydrogen) atoms. The Bertz CT molecular complexity index is 615. The Balaban J connectivity index is 2.32. The van der Waals surface area contributed by atoms with Gasteiger partial charge in [-0.2, -0.15) is 5.10 Å². The summed E-state index contributed by atoms with van der Waals surface area (Å²) in [6.45, 7) is 0. The van der Waals surface area contributed by atoms with Crippen molar-refractivity contribution in [2.45, 2.75) is 5.88 Å². The lowest BCUT2D eigenvalue weighted by Gasteiger charge is -1.93. The zero-order chi connectivity index (χ0) is 11.0. The molecule has 3 heterocycles. The highest BCUT2D eigenvalue weighted by molar-refractivity contribution is 6.18. The summed E-state index contributed by atoms with van der Waals surface area (Å²) in [6.07, 6.45) is 5.18. The second-order valence-corrected chi connectivity index (χ2v) is 3.59. The molecule has 0 aromatic carbocycles. The Morgan fingerprint density at radius 2 is 2.31 bits per heavy atom. The maximum absolute atomic E-state index is 5.93. The number of nitrogens with zero attached hydrogens (tertiary/aromatic N) is 3. The molecule has 0 unspecified atom stereocenters. The van der Waals surface area contributed by atoms with Gasteiger partial charge in [0.2, 0.25) is 0 Å². The normalized spacial score (nSPS) is 11.1. The average molecular weight is 234 g/mol. The molecule has 0 saturated heterocycles. The smallest absolute Gasteiger partial charge is 0.160 e. The predicted octanol–water partition coefficient (Wildman–Crippen LogP) is 2.73. The van der Waals surface area contributed by atoms with Crippen LogP contribution in [-0.2, 0) is 5.88 Å². The van der Waals surface area contributed by atoms with Gasteiger partial charge in [-0.05, 0) is 18.2 Å². The minimum atomic E-state index is 0.358. The zero-order valence-corrected chi connectivity index (χ0v) is 9.05. The number of fused-ring (bicyclic) bond motifs is 1. The molecular formula is C11H8ClN3O. The molecular weight excluding hydrogens is 226 g/mol. The van der Waals surface area contributed by atoms with Crippen LogP contribution in [0.4, 0.5) is 0 Å². The molecule has 3 rings (SSSR count). The fourth-order valence-corrected chi connectivity index (χ4v) is 1.91. The van der Waals surface area contributed by atoms with Crippen molar-refractivity contribution in [3.05, 3.63) is 42.4 Å². The summed E-state index contributed by atoms with van der Waals surface area (Å²) in [4.78, 5) is 4.26. The van der Waals surface area contributed by atoms with Crippen LogP contribution in [0.15, 0.2) is 41.3 Å². The largest absolute Gasteiger partial charge is 0.463 e. The van der Waals surface area contributed by atoms with E-state index in [4.69, 9.17) is 16.0 Å². The predicted molar refractivity (Wildman–Crippen MR) is 60.2 cm³/mol. The summed E-state index contributed by atoms with van der Waals surface area (Å²) in [5.74, 6) is 1.07.